The fourth-order valence-electron chi connectivity index (χ4n) is 4.07. The Morgan fingerprint density at radius 1 is 1.00 bits per heavy atom. The van der Waals surface area contributed by atoms with E-state index < -0.39 is 16.7 Å². The zero-order chi connectivity index (χ0) is 30.3. The van der Waals surface area contributed by atoms with Crippen molar-refractivity contribution in [2.75, 3.05) is 33.2 Å². The first kappa shape index (κ1) is 30.9. The van der Waals surface area contributed by atoms with Crippen LogP contribution in [0.2, 0.25) is 0 Å². The van der Waals surface area contributed by atoms with Crippen molar-refractivity contribution >= 4 is 51.7 Å². The molecule has 1 heterocycles. The number of amides is 2. The van der Waals surface area contributed by atoms with Gasteiger partial charge in [-0.15, -0.1) is 8.78 Å². The van der Waals surface area contributed by atoms with E-state index in [1.165, 1.54) is 24.3 Å². The predicted octanol–water partition coefficient (Wildman–Crippen LogP) is 6.08. The largest absolute Gasteiger partial charge is 0.497 e. The molecule has 0 aromatic heterocycles. The molecule has 1 saturated heterocycles. The highest BCUT2D eigenvalue weighted by molar-refractivity contribution is 8.15. The van der Waals surface area contributed by atoms with E-state index in [9.17, 15) is 18.4 Å². The summed E-state index contributed by atoms with van der Waals surface area (Å²) in [6, 6.07) is 17.8. The zero-order valence-corrected chi connectivity index (χ0v) is 24.5. The van der Waals surface area contributed by atoms with Crippen LogP contribution in [0.3, 0.4) is 0 Å². The van der Waals surface area contributed by atoms with Gasteiger partial charge < -0.3 is 24.3 Å². The van der Waals surface area contributed by atoms with E-state index >= 15 is 0 Å². The standard InChI is InChI=1S/C29H28ClF2N3O6S/c1-38-21-9-5-20(6-10-21)34-28-35(15-14-18-4-13-23(39-2)24(16-18)40-3)26(36)17-25(42-28)27(37)33-19-7-11-22(12-8-19)41-29(30,31)32/h4-13,16,25H,14-15,17H2,1-3H3,(H,33,37)/t25-/m1/s1. The summed E-state index contributed by atoms with van der Waals surface area (Å²) < 4.78 is 46.0. The van der Waals surface area contributed by atoms with Crippen LogP contribution in [-0.4, -0.2) is 60.6 Å². The Morgan fingerprint density at radius 3 is 2.29 bits per heavy atom. The Hall–Kier alpha value is -4.03. The van der Waals surface area contributed by atoms with E-state index in [4.69, 9.17) is 25.8 Å². The number of hydrogen-bond donors (Lipinski definition) is 1. The zero-order valence-electron chi connectivity index (χ0n) is 22.9. The molecule has 0 bridgehead atoms. The number of thioether (sulfide) groups is 1. The van der Waals surface area contributed by atoms with E-state index in [1.54, 1.807) is 56.6 Å². The first-order valence-corrected chi connectivity index (χ1v) is 13.9. The second-order valence-corrected chi connectivity index (χ2v) is 10.6. The highest BCUT2D eigenvalue weighted by Gasteiger charge is 2.36. The maximum Gasteiger partial charge on any atom is 0.487 e. The Morgan fingerprint density at radius 2 is 1.67 bits per heavy atom. The molecule has 2 amide bonds. The van der Waals surface area contributed by atoms with Crippen LogP contribution in [0.25, 0.3) is 0 Å². The maximum absolute atomic E-state index is 13.4. The molecule has 0 saturated carbocycles. The number of nitrogens with one attached hydrogen (secondary N) is 1. The Kier molecular flexibility index (Phi) is 10.1. The molecule has 222 valence electrons. The van der Waals surface area contributed by atoms with Gasteiger partial charge >= 0.3 is 5.57 Å². The smallest absolute Gasteiger partial charge is 0.487 e. The van der Waals surface area contributed by atoms with Crippen LogP contribution in [0, 0.1) is 0 Å². The van der Waals surface area contributed by atoms with E-state index in [-0.39, 0.29) is 18.1 Å². The molecule has 4 rings (SSSR count). The highest BCUT2D eigenvalue weighted by atomic mass is 35.5. The number of nitrogens with zero attached hydrogens (tertiary/aromatic N) is 2. The van der Waals surface area contributed by atoms with Gasteiger partial charge in [-0.2, -0.15) is 0 Å². The second kappa shape index (κ2) is 13.8. The SMILES string of the molecule is COc1ccc(N=C2S[C@@H](C(=O)Nc3ccc(OC(F)(F)Cl)cc3)CC(=O)N2CCc2ccc(OC)c(OC)c2)cc1. The van der Waals surface area contributed by atoms with Crippen LogP contribution in [-0.2, 0) is 16.0 Å². The second-order valence-electron chi connectivity index (χ2n) is 8.95. The molecule has 42 heavy (non-hydrogen) atoms. The number of halogens is 3. The van der Waals surface area contributed by atoms with Crippen molar-refractivity contribution < 1.29 is 37.3 Å². The molecule has 3 aromatic carbocycles. The molecule has 1 atom stereocenters. The third-order valence-corrected chi connectivity index (χ3v) is 7.42. The van der Waals surface area contributed by atoms with Crippen molar-refractivity contribution in [1.82, 2.24) is 4.90 Å². The molecule has 1 aliphatic rings. The van der Waals surface area contributed by atoms with Crippen LogP contribution in [0.1, 0.15) is 12.0 Å². The average Bonchev–Trinajstić information content (AvgIpc) is 2.97. The molecular formula is C29H28ClF2N3O6S. The van der Waals surface area contributed by atoms with E-state index in [0.29, 0.717) is 46.8 Å². The first-order chi connectivity index (χ1) is 20.1. The van der Waals surface area contributed by atoms with Crippen LogP contribution >= 0.6 is 23.4 Å². The molecule has 1 aliphatic heterocycles. The minimum atomic E-state index is -3.85. The van der Waals surface area contributed by atoms with Gasteiger partial charge in [0.05, 0.1) is 27.0 Å². The van der Waals surface area contributed by atoms with Crippen LogP contribution in [0.5, 0.6) is 23.0 Å². The number of ether oxygens (including phenoxy) is 4. The fourth-order valence-corrected chi connectivity index (χ4v) is 5.28. The number of amidine groups is 1. The molecule has 13 heteroatoms. The predicted molar refractivity (Wildman–Crippen MR) is 158 cm³/mol. The number of benzene rings is 3. The molecule has 1 fully saturated rings. The lowest BCUT2D eigenvalue weighted by Crippen LogP contribution is -2.46. The summed E-state index contributed by atoms with van der Waals surface area (Å²) >= 11 is 5.96. The highest BCUT2D eigenvalue weighted by Crippen LogP contribution is 2.32. The summed E-state index contributed by atoms with van der Waals surface area (Å²) in [5.74, 6) is 0.950. The van der Waals surface area contributed by atoms with Crippen molar-refractivity contribution in [3.05, 3.63) is 72.3 Å². The number of carbonyl (C=O) groups is 2. The monoisotopic (exact) mass is 619 g/mol. The van der Waals surface area contributed by atoms with E-state index in [2.05, 4.69) is 15.0 Å². The normalized spacial score (nSPS) is 16.2. The Balaban J connectivity index is 1.52. The summed E-state index contributed by atoms with van der Waals surface area (Å²) in [6.45, 7) is 0.317. The van der Waals surface area contributed by atoms with Gasteiger partial charge in [0.15, 0.2) is 16.7 Å². The fraction of sp³-hybridized carbons (Fsp3) is 0.276. The van der Waals surface area contributed by atoms with Gasteiger partial charge in [-0.1, -0.05) is 17.8 Å². The van der Waals surface area contributed by atoms with Crippen molar-refractivity contribution in [3.63, 3.8) is 0 Å². The maximum atomic E-state index is 13.4. The molecule has 0 spiro atoms. The third kappa shape index (κ3) is 8.26. The molecule has 9 nitrogen and oxygen atoms in total. The average molecular weight is 620 g/mol. The Bertz CT molecular complexity index is 1430. The summed E-state index contributed by atoms with van der Waals surface area (Å²) in [5.41, 5.74) is -2.01. The molecule has 0 aliphatic carbocycles. The van der Waals surface area contributed by atoms with E-state index in [1.807, 2.05) is 12.1 Å². The summed E-state index contributed by atoms with van der Waals surface area (Å²) in [4.78, 5) is 32.8. The van der Waals surface area contributed by atoms with Gasteiger partial charge in [0.1, 0.15) is 16.7 Å². The number of rotatable bonds is 11. The van der Waals surface area contributed by atoms with Crippen molar-refractivity contribution in [2.45, 2.75) is 23.7 Å². The molecule has 0 radical (unpaired) electrons. The lowest BCUT2D eigenvalue weighted by molar-refractivity contribution is -0.129. The van der Waals surface area contributed by atoms with Crippen LogP contribution < -0.4 is 24.3 Å². The lowest BCUT2D eigenvalue weighted by atomic mass is 10.1. The minimum absolute atomic E-state index is 0.0657. The number of methoxy groups -OCH3 is 3. The summed E-state index contributed by atoms with van der Waals surface area (Å²) in [6.07, 6.45) is 0.435. The van der Waals surface area contributed by atoms with Crippen LogP contribution in [0.15, 0.2) is 71.7 Å². The summed E-state index contributed by atoms with van der Waals surface area (Å²) in [5, 5.41) is 2.30. The van der Waals surface area contributed by atoms with Gasteiger partial charge in [-0.25, -0.2) is 4.99 Å². The van der Waals surface area contributed by atoms with Gasteiger partial charge in [-0.05, 0) is 72.6 Å². The van der Waals surface area contributed by atoms with Gasteiger partial charge in [0.2, 0.25) is 11.8 Å². The quantitative estimate of drug-likeness (QED) is 0.260. The topological polar surface area (TPSA) is 98.7 Å². The number of alkyl halides is 3. The van der Waals surface area contributed by atoms with Crippen molar-refractivity contribution in [3.8, 4) is 23.0 Å². The van der Waals surface area contributed by atoms with Crippen molar-refractivity contribution in [1.29, 1.82) is 0 Å². The number of anilines is 1. The van der Waals surface area contributed by atoms with E-state index in [0.717, 1.165) is 17.3 Å². The Labute approximate surface area is 250 Å². The third-order valence-electron chi connectivity index (χ3n) is 6.16. The molecule has 0 unspecified atom stereocenters. The number of carbonyl (C=O) groups excluding carboxylic acids is 2. The minimum Gasteiger partial charge on any atom is -0.497 e. The van der Waals surface area contributed by atoms with Crippen LogP contribution in [0.4, 0.5) is 20.2 Å². The van der Waals surface area contributed by atoms with Gasteiger partial charge in [0, 0.05) is 30.3 Å². The molecule has 1 N–H and O–H groups in total. The lowest BCUT2D eigenvalue weighted by Gasteiger charge is -2.32. The number of aliphatic imine (C=N–C) groups is 1. The summed E-state index contributed by atoms with van der Waals surface area (Å²) in [7, 11) is 4.67. The number of hydrogen-bond acceptors (Lipinski definition) is 8. The first-order valence-electron chi connectivity index (χ1n) is 12.7. The molecular weight excluding hydrogens is 592 g/mol. The van der Waals surface area contributed by atoms with Crippen molar-refractivity contribution in [2.24, 2.45) is 4.99 Å². The molecule has 3 aromatic rings. The van der Waals surface area contributed by atoms with Gasteiger partial charge in [-0.3, -0.25) is 14.5 Å². The van der Waals surface area contributed by atoms with Gasteiger partial charge in [0.25, 0.3) is 0 Å².